The highest BCUT2D eigenvalue weighted by Crippen LogP contribution is 2.30. The lowest BCUT2D eigenvalue weighted by molar-refractivity contribution is 0.185. The van der Waals surface area contributed by atoms with E-state index in [1.807, 2.05) is 13.0 Å². The number of aromatic nitrogens is 2. The van der Waals surface area contributed by atoms with Crippen molar-refractivity contribution in [3.05, 3.63) is 56.8 Å². The Hall–Kier alpha value is -2.32. The minimum atomic E-state index is -1.00. The second-order valence-corrected chi connectivity index (χ2v) is 7.14. The van der Waals surface area contributed by atoms with Gasteiger partial charge in [-0.15, -0.1) is 0 Å². The number of rotatable bonds is 8. The fourth-order valence-electron chi connectivity index (χ4n) is 2.71. The molecule has 28 heavy (non-hydrogen) atoms. The highest BCUT2D eigenvalue weighted by Gasteiger charge is 2.18. The first-order valence-electron chi connectivity index (χ1n) is 8.69. The first-order chi connectivity index (χ1) is 13.2. The Morgan fingerprint density at radius 3 is 2.36 bits per heavy atom. The number of benzene rings is 1. The minimum absolute atomic E-state index is 0.168. The normalized spacial score (nSPS) is 12.9. The Balaban J connectivity index is 2.85. The molecule has 0 spiro atoms. The summed E-state index contributed by atoms with van der Waals surface area (Å²) in [5.74, 6) is 0.806. The molecule has 0 aliphatic heterocycles. The first kappa shape index (κ1) is 22.0. The van der Waals surface area contributed by atoms with Crippen LogP contribution in [0.1, 0.15) is 13.8 Å². The molecule has 0 saturated heterocycles. The van der Waals surface area contributed by atoms with Crippen molar-refractivity contribution in [1.29, 1.82) is 0 Å². The summed E-state index contributed by atoms with van der Waals surface area (Å²) < 4.78 is 13.1. The summed E-state index contributed by atoms with van der Waals surface area (Å²) in [5, 5.41) is 11.1. The van der Waals surface area contributed by atoms with Crippen LogP contribution in [0.3, 0.4) is 0 Å². The zero-order chi connectivity index (χ0) is 21.0. The lowest BCUT2D eigenvalue weighted by Gasteiger charge is -2.17. The first-order valence-corrected chi connectivity index (χ1v) is 9.81. The highest BCUT2D eigenvalue weighted by atomic mass is 79.9. The monoisotopic (exact) mass is 452 g/mol. The molecule has 0 amide bonds. The standard InChI is InChI=1S/C20H25BrN2O5/c1-12(2)16(24)11-23-19(25)14-8-17(27-4)18(28-5)9-15(14)22(20(23)26)7-6-13(3)10-21/h6,8-9,16,24H,1,7,10-11H2,2-5H3/b13-6+/t16-/m0/s1. The predicted octanol–water partition coefficient (Wildman–Crippen LogP) is 2.46. The van der Waals surface area contributed by atoms with E-state index in [-0.39, 0.29) is 13.1 Å². The number of hydrogen-bond donors (Lipinski definition) is 1. The Bertz CT molecular complexity index is 1040. The van der Waals surface area contributed by atoms with Crippen molar-refractivity contribution in [1.82, 2.24) is 9.13 Å². The molecule has 1 heterocycles. The highest BCUT2D eigenvalue weighted by molar-refractivity contribution is 9.09. The van der Waals surface area contributed by atoms with Gasteiger partial charge in [0.2, 0.25) is 0 Å². The second kappa shape index (κ2) is 9.25. The lowest BCUT2D eigenvalue weighted by atomic mass is 10.1. The van der Waals surface area contributed by atoms with Crippen molar-refractivity contribution in [2.45, 2.75) is 33.0 Å². The van der Waals surface area contributed by atoms with Crippen molar-refractivity contribution >= 4 is 26.8 Å². The van der Waals surface area contributed by atoms with E-state index in [4.69, 9.17) is 9.47 Å². The van der Waals surface area contributed by atoms with Crippen LogP contribution in [0.25, 0.3) is 10.9 Å². The molecule has 8 heteroatoms. The Morgan fingerprint density at radius 1 is 1.21 bits per heavy atom. The number of halogens is 1. The summed E-state index contributed by atoms with van der Waals surface area (Å²) in [6.45, 7) is 7.37. The van der Waals surface area contributed by atoms with Crippen LogP contribution in [0, 0.1) is 0 Å². The van der Waals surface area contributed by atoms with Gasteiger partial charge in [0.15, 0.2) is 11.5 Å². The maximum atomic E-state index is 13.1. The number of ether oxygens (including phenoxy) is 2. The number of fused-ring (bicyclic) bond motifs is 1. The Labute approximate surface area is 171 Å². The molecule has 0 unspecified atom stereocenters. The molecule has 1 aromatic carbocycles. The average Bonchev–Trinajstić information content (AvgIpc) is 2.69. The van der Waals surface area contributed by atoms with Crippen molar-refractivity contribution < 1.29 is 14.6 Å². The van der Waals surface area contributed by atoms with Crippen LogP contribution >= 0.6 is 15.9 Å². The van der Waals surface area contributed by atoms with E-state index in [9.17, 15) is 14.7 Å². The second-order valence-electron chi connectivity index (χ2n) is 6.58. The van der Waals surface area contributed by atoms with E-state index >= 15 is 0 Å². The van der Waals surface area contributed by atoms with Crippen LogP contribution in [0.5, 0.6) is 11.5 Å². The molecule has 1 N–H and O–H groups in total. The Kier molecular flexibility index (Phi) is 7.26. The fraction of sp³-hybridized carbons (Fsp3) is 0.400. The lowest BCUT2D eigenvalue weighted by Crippen LogP contribution is -2.42. The minimum Gasteiger partial charge on any atom is -0.493 e. The van der Waals surface area contributed by atoms with Crippen LogP contribution in [0.4, 0.5) is 0 Å². The van der Waals surface area contributed by atoms with E-state index in [1.165, 1.54) is 18.8 Å². The zero-order valence-corrected chi connectivity index (χ0v) is 18.1. The largest absolute Gasteiger partial charge is 0.493 e. The predicted molar refractivity (Wildman–Crippen MR) is 114 cm³/mol. The van der Waals surface area contributed by atoms with Gasteiger partial charge in [0.05, 0.1) is 37.8 Å². The van der Waals surface area contributed by atoms with Crippen LogP contribution in [0.15, 0.2) is 45.5 Å². The van der Waals surface area contributed by atoms with Crippen LogP contribution < -0.4 is 20.7 Å². The maximum Gasteiger partial charge on any atom is 0.331 e. The van der Waals surface area contributed by atoms with Gasteiger partial charge >= 0.3 is 5.69 Å². The topological polar surface area (TPSA) is 82.7 Å². The van der Waals surface area contributed by atoms with Crippen LogP contribution in [-0.2, 0) is 13.1 Å². The van der Waals surface area contributed by atoms with E-state index in [0.29, 0.717) is 33.3 Å². The molecular formula is C20H25BrN2O5. The summed E-state index contributed by atoms with van der Waals surface area (Å²) in [6, 6.07) is 3.17. The summed E-state index contributed by atoms with van der Waals surface area (Å²) in [6.07, 6.45) is 0.896. The van der Waals surface area contributed by atoms with Crippen molar-refractivity contribution in [3.63, 3.8) is 0 Å². The molecule has 2 aromatic rings. The Morgan fingerprint density at radius 2 is 1.82 bits per heavy atom. The van der Waals surface area contributed by atoms with Gasteiger partial charge in [-0.25, -0.2) is 4.79 Å². The summed E-state index contributed by atoms with van der Waals surface area (Å²) >= 11 is 3.38. The van der Waals surface area contributed by atoms with Gasteiger partial charge in [0.25, 0.3) is 5.56 Å². The third-order valence-electron chi connectivity index (χ3n) is 4.49. The van der Waals surface area contributed by atoms with E-state index in [2.05, 4.69) is 22.5 Å². The fourth-order valence-corrected chi connectivity index (χ4v) is 2.94. The van der Waals surface area contributed by atoms with Crippen LogP contribution in [0.2, 0.25) is 0 Å². The van der Waals surface area contributed by atoms with Gasteiger partial charge < -0.3 is 14.6 Å². The van der Waals surface area contributed by atoms with E-state index < -0.39 is 17.4 Å². The molecule has 0 aliphatic rings. The molecule has 1 aromatic heterocycles. The molecule has 0 bridgehead atoms. The summed E-state index contributed by atoms with van der Waals surface area (Å²) in [4.78, 5) is 26.1. The van der Waals surface area contributed by atoms with Gasteiger partial charge in [-0.3, -0.25) is 13.9 Å². The molecule has 2 rings (SSSR count). The summed E-state index contributed by atoms with van der Waals surface area (Å²) in [5.41, 5.74) is 0.940. The van der Waals surface area contributed by atoms with Gasteiger partial charge in [-0.1, -0.05) is 39.7 Å². The van der Waals surface area contributed by atoms with Crippen molar-refractivity contribution in [2.24, 2.45) is 0 Å². The third-order valence-corrected chi connectivity index (χ3v) is 5.37. The number of methoxy groups -OCH3 is 2. The van der Waals surface area contributed by atoms with E-state index in [1.54, 1.807) is 19.1 Å². The smallest absolute Gasteiger partial charge is 0.331 e. The molecule has 0 saturated carbocycles. The number of alkyl halides is 1. The van der Waals surface area contributed by atoms with Crippen molar-refractivity contribution in [2.75, 3.05) is 19.5 Å². The van der Waals surface area contributed by atoms with Gasteiger partial charge in [0.1, 0.15) is 0 Å². The maximum absolute atomic E-state index is 13.1. The zero-order valence-electron chi connectivity index (χ0n) is 16.5. The number of allylic oxidation sites excluding steroid dienone is 2. The van der Waals surface area contributed by atoms with Gasteiger partial charge in [0, 0.05) is 17.9 Å². The third kappa shape index (κ3) is 4.39. The molecule has 0 aliphatic carbocycles. The molecule has 0 fully saturated rings. The number of aliphatic hydroxyl groups is 1. The quantitative estimate of drug-likeness (QED) is 0.491. The number of nitrogens with zero attached hydrogens (tertiary/aromatic N) is 2. The number of hydrogen-bond acceptors (Lipinski definition) is 5. The molecule has 7 nitrogen and oxygen atoms in total. The summed E-state index contributed by atoms with van der Waals surface area (Å²) in [7, 11) is 2.97. The average molecular weight is 453 g/mol. The molecule has 1 atom stereocenters. The van der Waals surface area contributed by atoms with E-state index in [0.717, 1.165) is 10.1 Å². The molecule has 152 valence electrons. The van der Waals surface area contributed by atoms with Gasteiger partial charge in [-0.2, -0.15) is 0 Å². The molecule has 0 radical (unpaired) electrons. The van der Waals surface area contributed by atoms with Crippen molar-refractivity contribution in [3.8, 4) is 11.5 Å². The van der Waals surface area contributed by atoms with Crippen LogP contribution in [-0.4, -0.2) is 39.9 Å². The number of aliphatic hydroxyl groups excluding tert-OH is 1. The molecular weight excluding hydrogens is 428 g/mol. The van der Waals surface area contributed by atoms with Gasteiger partial charge in [-0.05, 0) is 19.9 Å². The SMILES string of the molecule is C=C(C)[C@@H](O)Cn1c(=O)c2cc(OC)c(OC)cc2n(C/C=C(\C)CBr)c1=O.